The standard InChI is InChI=1S/C10H18B.ClH/c1-9(2)5-7-11-8-6-10(3)4;/h5-6H,7-8H2,1-4H3;1H/q+1;/p-1. The Kier molecular flexibility index (Phi) is 10.7. The summed E-state index contributed by atoms with van der Waals surface area (Å²) in [6.07, 6.45) is 6.70. The SMILES string of the molecule is CC(C)=CC[B+]CC=C(C)C.[Cl-]. The van der Waals surface area contributed by atoms with E-state index in [9.17, 15) is 0 Å². The van der Waals surface area contributed by atoms with Crippen LogP contribution in [0.1, 0.15) is 27.7 Å². The van der Waals surface area contributed by atoms with Gasteiger partial charge in [-0.2, -0.15) is 0 Å². The Labute approximate surface area is 83.8 Å². The Balaban J connectivity index is 0. The number of allylic oxidation sites excluding steroid dienone is 4. The van der Waals surface area contributed by atoms with Crippen LogP contribution < -0.4 is 12.4 Å². The zero-order valence-electron chi connectivity index (χ0n) is 8.52. The van der Waals surface area contributed by atoms with Crippen LogP contribution in [0.15, 0.2) is 23.3 Å². The number of halogens is 1. The largest absolute Gasteiger partial charge is 1.00 e. The van der Waals surface area contributed by atoms with Gasteiger partial charge in [-0.25, -0.2) is 0 Å². The van der Waals surface area contributed by atoms with Gasteiger partial charge in [0.1, 0.15) is 0 Å². The fourth-order valence-corrected chi connectivity index (χ4v) is 0.734. The van der Waals surface area contributed by atoms with E-state index in [1.165, 1.54) is 11.1 Å². The molecule has 0 aliphatic rings. The molecular weight excluding hydrogens is 166 g/mol. The summed E-state index contributed by atoms with van der Waals surface area (Å²) in [6.45, 7) is 8.53. The molecule has 12 heavy (non-hydrogen) atoms. The fraction of sp³-hybridized carbons (Fsp3) is 0.600. The average Bonchev–Trinajstić information content (AvgIpc) is 1.85. The van der Waals surface area contributed by atoms with Crippen molar-refractivity contribution in [2.24, 2.45) is 0 Å². The second-order valence-electron chi connectivity index (χ2n) is 3.32. The van der Waals surface area contributed by atoms with E-state index >= 15 is 0 Å². The molecule has 0 spiro atoms. The predicted molar refractivity (Wildman–Crippen MR) is 54.2 cm³/mol. The van der Waals surface area contributed by atoms with Crippen molar-refractivity contribution in [3.8, 4) is 0 Å². The van der Waals surface area contributed by atoms with E-state index in [2.05, 4.69) is 47.1 Å². The molecule has 0 unspecified atom stereocenters. The first kappa shape index (κ1) is 14.4. The summed E-state index contributed by atoms with van der Waals surface area (Å²) >= 11 is 0. The molecule has 0 saturated heterocycles. The van der Waals surface area contributed by atoms with Crippen LogP contribution in [-0.2, 0) is 0 Å². The maximum atomic E-state index is 2.29. The van der Waals surface area contributed by atoms with Crippen LogP contribution in [0.4, 0.5) is 0 Å². The van der Waals surface area contributed by atoms with Gasteiger partial charge in [0.05, 0.1) is 0 Å². The predicted octanol–water partition coefficient (Wildman–Crippen LogP) is 0.464. The van der Waals surface area contributed by atoms with Gasteiger partial charge in [0.15, 0.2) is 0 Å². The van der Waals surface area contributed by atoms with Crippen LogP contribution in [0.5, 0.6) is 0 Å². The third-order valence-corrected chi connectivity index (χ3v) is 1.39. The number of hydrogen-bond acceptors (Lipinski definition) is 0. The van der Waals surface area contributed by atoms with Gasteiger partial charge in [-0.3, -0.25) is 0 Å². The normalized spacial score (nSPS) is 7.67. The van der Waals surface area contributed by atoms with Gasteiger partial charge in [-0.15, -0.1) is 0 Å². The minimum Gasteiger partial charge on any atom is -1.00 e. The Morgan fingerprint density at radius 3 is 1.50 bits per heavy atom. The van der Waals surface area contributed by atoms with E-state index in [-0.39, 0.29) is 12.4 Å². The summed E-state index contributed by atoms with van der Waals surface area (Å²) in [7, 11) is 2.29. The quantitative estimate of drug-likeness (QED) is 0.338. The van der Waals surface area contributed by atoms with Gasteiger partial charge in [0, 0.05) is 0 Å². The van der Waals surface area contributed by atoms with Crippen LogP contribution in [0, 0.1) is 0 Å². The summed E-state index contributed by atoms with van der Waals surface area (Å²) in [4.78, 5) is 0. The third kappa shape index (κ3) is 12.5. The van der Waals surface area contributed by atoms with Gasteiger partial charge in [0.2, 0.25) is 0 Å². The monoisotopic (exact) mass is 184 g/mol. The summed E-state index contributed by atoms with van der Waals surface area (Å²) in [5.74, 6) is 0. The van der Waals surface area contributed by atoms with E-state index in [0.717, 1.165) is 12.6 Å². The summed E-state index contributed by atoms with van der Waals surface area (Å²) in [5, 5.41) is 0. The minimum atomic E-state index is 0. The first-order valence-electron chi connectivity index (χ1n) is 4.21. The molecule has 0 fully saturated rings. The Bertz CT molecular complexity index is 133. The Morgan fingerprint density at radius 2 is 1.25 bits per heavy atom. The van der Waals surface area contributed by atoms with Crippen molar-refractivity contribution in [1.82, 2.24) is 0 Å². The molecule has 0 atom stereocenters. The molecule has 68 valence electrons. The van der Waals surface area contributed by atoms with Crippen LogP contribution in [0.25, 0.3) is 0 Å². The van der Waals surface area contributed by atoms with Crippen molar-refractivity contribution in [3.63, 3.8) is 0 Å². The molecule has 0 aromatic carbocycles. The van der Waals surface area contributed by atoms with Gasteiger partial charge in [0.25, 0.3) is 0 Å². The molecule has 0 aromatic heterocycles. The summed E-state index contributed by atoms with van der Waals surface area (Å²) in [5.41, 5.74) is 2.80. The van der Waals surface area contributed by atoms with Gasteiger partial charge in [-0.1, -0.05) is 0 Å². The van der Waals surface area contributed by atoms with Gasteiger partial charge >= 0.3 is 70.9 Å². The molecule has 0 aliphatic carbocycles. The fourth-order valence-electron chi connectivity index (χ4n) is 0.734. The maximum absolute atomic E-state index is 2.29. The van der Waals surface area contributed by atoms with Crippen LogP contribution in [-0.4, -0.2) is 7.28 Å². The molecule has 0 heterocycles. The number of hydrogen-bond donors (Lipinski definition) is 0. The molecule has 0 saturated carbocycles. The smallest absolute Gasteiger partial charge is 1.00 e. The van der Waals surface area contributed by atoms with Gasteiger partial charge in [-0.05, 0) is 0 Å². The third-order valence-electron chi connectivity index (χ3n) is 1.39. The molecule has 0 N–H and O–H groups in total. The first-order chi connectivity index (χ1) is 5.13. The Hall–Kier alpha value is -0.165. The van der Waals surface area contributed by atoms with Crippen molar-refractivity contribution < 1.29 is 12.4 Å². The van der Waals surface area contributed by atoms with Gasteiger partial charge < -0.3 is 12.4 Å². The number of rotatable bonds is 4. The van der Waals surface area contributed by atoms with Crippen molar-refractivity contribution >= 4 is 7.28 Å². The Morgan fingerprint density at radius 1 is 0.917 bits per heavy atom. The van der Waals surface area contributed by atoms with Crippen LogP contribution in [0.2, 0.25) is 12.6 Å². The zero-order valence-corrected chi connectivity index (χ0v) is 9.28. The van der Waals surface area contributed by atoms with Crippen molar-refractivity contribution in [2.75, 3.05) is 0 Å². The molecule has 0 nitrogen and oxygen atoms in total. The van der Waals surface area contributed by atoms with Crippen molar-refractivity contribution in [3.05, 3.63) is 23.3 Å². The van der Waals surface area contributed by atoms with E-state index < -0.39 is 0 Å². The summed E-state index contributed by atoms with van der Waals surface area (Å²) in [6, 6.07) is 0. The maximum Gasteiger partial charge on any atom is -1.00 e. The molecule has 0 radical (unpaired) electrons. The van der Waals surface area contributed by atoms with E-state index in [0.29, 0.717) is 0 Å². The molecule has 0 rings (SSSR count). The summed E-state index contributed by atoms with van der Waals surface area (Å²) < 4.78 is 0. The van der Waals surface area contributed by atoms with E-state index in [1.54, 1.807) is 0 Å². The first-order valence-corrected chi connectivity index (χ1v) is 4.21. The van der Waals surface area contributed by atoms with Crippen LogP contribution in [0.3, 0.4) is 0 Å². The molecule has 0 bridgehead atoms. The molecule has 2 heteroatoms. The van der Waals surface area contributed by atoms with Crippen LogP contribution >= 0.6 is 0 Å². The van der Waals surface area contributed by atoms with E-state index in [4.69, 9.17) is 0 Å². The van der Waals surface area contributed by atoms with Crippen molar-refractivity contribution in [1.29, 1.82) is 0 Å². The van der Waals surface area contributed by atoms with E-state index in [1.807, 2.05) is 0 Å². The second-order valence-corrected chi connectivity index (χ2v) is 3.32. The average molecular weight is 185 g/mol. The topological polar surface area (TPSA) is 0 Å². The molecule has 0 aromatic rings. The molecular formula is C10H18BCl. The minimum absolute atomic E-state index is 0. The zero-order chi connectivity index (χ0) is 8.69. The second kappa shape index (κ2) is 8.93. The molecule has 0 aliphatic heterocycles. The molecule has 0 amide bonds. The van der Waals surface area contributed by atoms with Crippen molar-refractivity contribution in [2.45, 2.75) is 40.3 Å².